The van der Waals surface area contributed by atoms with E-state index in [9.17, 15) is 4.79 Å². The summed E-state index contributed by atoms with van der Waals surface area (Å²) >= 11 is 0. The predicted octanol–water partition coefficient (Wildman–Crippen LogP) is 0.478. The fraction of sp³-hybridized carbons (Fsp3) is 0.429. The summed E-state index contributed by atoms with van der Waals surface area (Å²) in [6.07, 6.45) is 0. The highest BCUT2D eigenvalue weighted by Crippen LogP contribution is 1.98. The van der Waals surface area contributed by atoms with Gasteiger partial charge in [0.15, 0.2) is 5.57 Å². The lowest BCUT2D eigenvalue weighted by Crippen LogP contribution is -2.24. The predicted molar refractivity (Wildman–Crippen MR) is 39.6 cm³/mol. The quantitative estimate of drug-likeness (QED) is 0.345. The Morgan fingerprint density at radius 1 is 1.73 bits per heavy atom. The topological polar surface area (TPSA) is 73.1 Å². The number of amides is 1. The molecule has 0 aliphatic heterocycles. The van der Waals surface area contributed by atoms with Gasteiger partial charge in [-0.05, 0) is 13.8 Å². The number of aliphatic hydroxyl groups is 1. The molecule has 11 heavy (non-hydrogen) atoms. The van der Waals surface area contributed by atoms with Crippen LogP contribution in [0.4, 0.5) is 0 Å². The van der Waals surface area contributed by atoms with Crippen LogP contribution in [0.15, 0.2) is 11.3 Å². The Morgan fingerprint density at radius 3 is 2.55 bits per heavy atom. The first-order valence-electron chi connectivity index (χ1n) is 3.21. The number of likely N-dealkylation sites (N-methyl/N-ethyl adjacent to an activating group) is 1. The van der Waals surface area contributed by atoms with Gasteiger partial charge in [0.2, 0.25) is 0 Å². The molecule has 0 saturated heterocycles. The molecule has 0 saturated carbocycles. The van der Waals surface area contributed by atoms with Gasteiger partial charge >= 0.3 is 0 Å². The van der Waals surface area contributed by atoms with Crippen LogP contribution in [0, 0.1) is 11.3 Å². The van der Waals surface area contributed by atoms with E-state index in [1.165, 1.54) is 6.92 Å². The smallest absolute Gasteiger partial charge is 0.265 e. The molecule has 0 aromatic carbocycles. The normalized spacial score (nSPS) is 11.4. The molecule has 4 heteroatoms. The van der Waals surface area contributed by atoms with Crippen LogP contribution < -0.4 is 5.32 Å². The molecule has 0 spiro atoms. The second kappa shape index (κ2) is 4.34. The zero-order chi connectivity index (χ0) is 8.85. The molecular weight excluding hydrogens is 144 g/mol. The largest absolute Gasteiger partial charge is 0.511 e. The molecule has 0 rings (SSSR count). The van der Waals surface area contributed by atoms with E-state index in [-0.39, 0.29) is 11.3 Å². The zero-order valence-electron chi connectivity index (χ0n) is 6.51. The van der Waals surface area contributed by atoms with E-state index in [0.29, 0.717) is 6.54 Å². The van der Waals surface area contributed by atoms with Crippen LogP contribution >= 0.6 is 0 Å². The van der Waals surface area contributed by atoms with Gasteiger partial charge in [-0.2, -0.15) is 5.26 Å². The molecule has 0 unspecified atom stereocenters. The fourth-order valence-corrected chi connectivity index (χ4v) is 0.545. The number of nitriles is 1. The van der Waals surface area contributed by atoms with Crippen molar-refractivity contribution in [3.63, 3.8) is 0 Å². The zero-order valence-corrected chi connectivity index (χ0v) is 6.51. The van der Waals surface area contributed by atoms with Gasteiger partial charge in [0.25, 0.3) is 5.91 Å². The number of carbonyl (C=O) groups excluding carboxylic acids is 1. The Labute approximate surface area is 65.1 Å². The van der Waals surface area contributed by atoms with E-state index in [0.717, 1.165) is 0 Å². The minimum Gasteiger partial charge on any atom is -0.511 e. The Bertz CT molecular complexity index is 221. The fourth-order valence-electron chi connectivity index (χ4n) is 0.545. The van der Waals surface area contributed by atoms with Crippen molar-refractivity contribution in [2.24, 2.45) is 0 Å². The maximum Gasteiger partial charge on any atom is 0.265 e. The second-order valence-electron chi connectivity index (χ2n) is 1.93. The van der Waals surface area contributed by atoms with E-state index >= 15 is 0 Å². The van der Waals surface area contributed by atoms with Gasteiger partial charge in [-0.25, -0.2) is 0 Å². The first-order chi connectivity index (χ1) is 5.13. The van der Waals surface area contributed by atoms with E-state index in [1.807, 2.05) is 0 Å². The molecule has 0 aromatic heterocycles. The van der Waals surface area contributed by atoms with Crippen molar-refractivity contribution >= 4 is 5.91 Å². The Hall–Kier alpha value is -1.50. The highest BCUT2D eigenvalue weighted by atomic mass is 16.3. The summed E-state index contributed by atoms with van der Waals surface area (Å²) in [6.45, 7) is 3.48. The van der Waals surface area contributed by atoms with Crippen molar-refractivity contribution in [1.29, 1.82) is 5.26 Å². The minimum atomic E-state index is -0.532. The number of hydrogen-bond donors (Lipinski definition) is 2. The molecule has 4 nitrogen and oxygen atoms in total. The molecule has 1 amide bonds. The highest BCUT2D eigenvalue weighted by molar-refractivity contribution is 5.97. The number of aliphatic hydroxyl groups excluding tert-OH is 1. The molecular formula is C7H10N2O2. The van der Waals surface area contributed by atoms with E-state index in [1.54, 1.807) is 13.0 Å². The number of carbonyl (C=O) groups is 1. The van der Waals surface area contributed by atoms with Gasteiger partial charge in [0.05, 0.1) is 0 Å². The lowest BCUT2D eigenvalue weighted by molar-refractivity contribution is -0.117. The first-order valence-corrected chi connectivity index (χ1v) is 3.21. The summed E-state index contributed by atoms with van der Waals surface area (Å²) < 4.78 is 0. The number of hydrogen-bond acceptors (Lipinski definition) is 3. The van der Waals surface area contributed by atoms with Crippen LogP contribution in [0.1, 0.15) is 13.8 Å². The van der Waals surface area contributed by atoms with Crippen LogP contribution in [-0.4, -0.2) is 17.6 Å². The summed E-state index contributed by atoms with van der Waals surface area (Å²) in [7, 11) is 0. The van der Waals surface area contributed by atoms with Crippen LogP contribution in [0.3, 0.4) is 0 Å². The second-order valence-corrected chi connectivity index (χ2v) is 1.93. The van der Waals surface area contributed by atoms with Gasteiger partial charge in [0.1, 0.15) is 11.8 Å². The summed E-state index contributed by atoms with van der Waals surface area (Å²) in [4.78, 5) is 10.9. The molecule has 0 aliphatic rings. The van der Waals surface area contributed by atoms with Gasteiger partial charge in [-0.3, -0.25) is 4.79 Å². The van der Waals surface area contributed by atoms with E-state index in [2.05, 4.69) is 5.32 Å². The van der Waals surface area contributed by atoms with Crippen molar-refractivity contribution in [2.45, 2.75) is 13.8 Å². The lowest BCUT2D eigenvalue weighted by atomic mass is 10.2. The van der Waals surface area contributed by atoms with Crippen molar-refractivity contribution < 1.29 is 9.90 Å². The van der Waals surface area contributed by atoms with Crippen LogP contribution in [0.2, 0.25) is 0 Å². The van der Waals surface area contributed by atoms with Crippen molar-refractivity contribution in [3.8, 4) is 6.07 Å². The Morgan fingerprint density at radius 2 is 2.27 bits per heavy atom. The molecule has 0 aliphatic carbocycles. The van der Waals surface area contributed by atoms with Crippen molar-refractivity contribution in [3.05, 3.63) is 11.3 Å². The number of nitrogens with zero attached hydrogens (tertiary/aromatic N) is 1. The molecule has 0 fully saturated rings. The Kier molecular flexibility index (Phi) is 3.75. The third kappa shape index (κ3) is 2.72. The Balaban J connectivity index is 4.45. The van der Waals surface area contributed by atoms with E-state index in [4.69, 9.17) is 10.4 Å². The SMILES string of the molecule is CCNC(=O)/C(C#N)=C(\C)O. The minimum absolute atomic E-state index is 0.230. The van der Waals surface area contributed by atoms with Gasteiger partial charge in [0, 0.05) is 6.54 Å². The number of rotatable bonds is 2. The average molecular weight is 154 g/mol. The maximum absolute atomic E-state index is 10.9. The molecule has 0 heterocycles. The summed E-state index contributed by atoms with van der Waals surface area (Å²) in [5, 5.41) is 19.6. The van der Waals surface area contributed by atoms with Crippen LogP contribution in [0.5, 0.6) is 0 Å². The highest BCUT2D eigenvalue weighted by Gasteiger charge is 2.09. The third-order valence-electron chi connectivity index (χ3n) is 1.04. The van der Waals surface area contributed by atoms with Crippen molar-refractivity contribution in [2.75, 3.05) is 6.54 Å². The van der Waals surface area contributed by atoms with Crippen LogP contribution in [0.25, 0.3) is 0 Å². The van der Waals surface area contributed by atoms with Gasteiger partial charge in [-0.15, -0.1) is 0 Å². The summed E-state index contributed by atoms with van der Waals surface area (Å²) in [5.74, 6) is -0.784. The summed E-state index contributed by atoms with van der Waals surface area (Å²) in [6, 6.07) is 1.60. The monoisotopic (exact) mass is 154 g/mol. The summed E-state index contributed by atoms with van der Waals surface area (Å²) in [5.41, 5.74) is -0.230. The molecule has 0 atom stereocenters. The average Bonchev–Trinajstić information content (AvgIpc) is 1.88. The lowest BCUT2D eigenvalue weighted by Gasteiger charge is -1.99. The number of nitrogens with one attached hydrogen (secondary N) is 1. The van der Waals surface area contributed by atoms with Crippen LogP contribution in [-0.2, 0) is 4.79 Å². The van der Waals surface area contributed by atoms with Gasteiger partial charge < -0.3 is 10.4 Å². The molecule has 2 N–H and O–H groups in total. The number of allylic oxidation sites excluding steroid dienone is 1. The molecule has 0 aromatic rings. The molecule has 0 radical (unpaired) electrons. The standard InChI is InChI=1S/C7H10N2O2/c1-3-9-7(11)6(4-8)5(2)10/h10H,3H2,1-2H3,(H,9,11)/b6-5+. The van der Waals surface area contributed by atoms with Gasteiger partial charge in [-0.1, -0.05) is 0 Å². The molecule has 60 valence electrons. The van der Waals surface area contributed by atoms with Crippen molar-refractivity contribution in [1.82, 2.24) is 5.32 Å². The first kappa shape index (κ1) is 9.50. The molecule has 0 bridgehead atoms. The third-order valence-corrected chi connectivity index (χ3v) is 1.04. The van der Waals surface area contributed by atoms with E-state index < -0.39 is 5.91 Å². The maximum atomic E-state index is 10.9.